The van der Waals surface area contributed by atoms with Gasteiger partial charge in [-0.05, 0) is 30.8 Å². The summed E-state index contributed by atoms with van der Waals surface area (Å²) < 4.78 is 18.6. The number of ether oxygens (including phenoxy) is 1. The molecule has 9 heteroatoms. The van der Waals surface area contributed by atoms with Crippen molar-refractivity contribution in [2.24, 2.45) is 0 Å². The summed E-state index contributed by atoms with van der Waals surface area (Å²) in [7, 11) is 1.31. The highest BCUT2D eigenvalue weighted by atomic mass is 35.5. The van der Waals surface area contributed by atoms with E-state index in [1.807, 2.05) is 0 Å². The number of hydrogen-bond donors (Lipinski definition) is 2. The number of esters is 1. The van der Waals surface area contributed by atoms with Crippen LogP contribution in [0.25, 0.3) is 0 Å². The van der Waals surface area contributed by atoms with E-state index in [4.69, 9.17) is 23.8 Å². The van der Waals surface area contributed by atoms with Gasteiger partial charge >= 0.3 is 5.97 Å². The Kier molecular flexibility index (Phi) is 6.25. The Bertz CT molecular complexity index is 583. The summed E-state index contributed by atoms with van der Waals surface area (Å²) in [4.78, 5) is 11.8. The van der Waals surface area contributed by atoms with Crippen LogP contribution in [0.3, 0.4) is 0 Å². The first-order valence-electron chi connectivity index (χ1n) is 6.52. The van der Waals surface area contributed by atoms with Gasteiger partial charge in [0.1, 0.15) is 5.82 Å². The van der Waals surface area contributed by atoms with Gasteiger partial charge < -0.3 is 10.1 Å². The fourth-order valence-electron chi connectivity index (χ4n) is 1.82. The molecule has 0 radical (unpaired) electrons. The molecule has 1 aromatic rings. The van der Waals surface area contributed by atoms with Gasteiger partial charge in [0, 0.05) is 18.0 Å². The number of benzene rings is 1. The average Bonchev–Trinajstić information content (AvgIpc) is 3.02. The maximum Gasteiger partial charge on any atom is 0.315 e. The van der Waals surface area contributed by atoms with Crippen molar-refractivity contribution in [1.29, 1.82) is 0 Å². The van der Waals surface area contributed by atoms with E-state index in [1.54, 1.807) is 5.01 Å². The lowest BCUT2D eigenvalue weighted by Crippen LogP contribution is -2.39. The van der Waals surface area contributed by atoms with E-state index < -0.39 is 5.82 Å². The zero-order valence-corrected chi connectivity index (χ0v) is 14.2. The van der Waals surface area contributed by atoms with E-state index in [2.05, 4.69) is 15.5 Å². The van der Waals surface area contributed by atoms with Gasteiger partial charge in [-0.3, -0.25) is 9.80 Å². The number of nitrogens with zero attached hydrogens (tertiary/aromatic N) is 1. The van der Waals surface area contributed by atoms with E-state index in [0.29, 0.717) is 10.0 Å². The zero-order valence-electron chi connectivity index (χ0n) is 11.8. The Morgan fingerprint density at radius 2 is 2.41 bits per heavy atom. The van der Waals surface area contributed by atoms with Gasteiger partial charge in [0.05, 0.1) is 23.6 Å². The Morgan fingerprint density at radius 3 is 3.05 bits per heavy atom. The number of methoxy groups -OCH3 is 1. The number of hydrazine groups is 1. The Labute approximate surface area is 142 Å². The van der Waals surface area contributed by atoms with Crippen LogP contribution in [0, 0.1) is 5.82 Å². The van der Waals surface area contributed by atoms with Crippen molar-refractivity contribution in [2.75, 3.05) is 31.3 Å². The number of thiocarbonyl (C=S) groups is 1. The van der Waals surface area contributed by atoms with E-state index in [1.165, 1.54) is 31.0 Å². The summed E-state index contributed by atoms with van der Waals surface area (Å²) >= 11 is 12.4. The first-order chi connectivity index (χ1) is 10.5. The molecule has 2 N–H and O–H groups in total. The Balaban J connectivity index is 2.09. The first kappa shape index (κ1) is 17.3. The molecule has 2 rings (SSSR count). The van der Waals surface area contributed by atoms with E-state index in [9.17, 15) is 9.18 Å². The van der Waals surface area contributed by atoms with Crippen molar-refractivity contribution < 1.29 is 13.9 Å². The molecule has 120 valence electrons. The predicted molar refractivity (Wildman–Crippen MR) is 89.7 cm³/mol. The highest BCUT2D eigenvalue weighted by molar-refractivity contribution is 8.00. The summed E-state index contributed by atoms with van der Waals surface area (Å²) in [5.41, 5.74) is 3.30. The molecule has 1 fully saturated rings. The molecular weight excluding hydrogens is 349 g/mol. The minimum absolute atomic E-state index is 0.0966. The van der Waals surface area contributed by atoms with Crippen molar-refractivity contribution >= 4 is 52.3 Å². The molecule has 22 heavy (non-hydrogen) atoms. The maximum absolute atomic E-state index is 14.0. The van der Waals surface area contributed by atoms with Crippen molar-refractivity contribution in [3.05, 3.63) is 23.0 Å². The number of nitrogens with one attached hydrogen (secondary N) is 2. The average molecular weight is 364 g/mol. The highest BCUT2D eigenvalue weighted by Gasteiger charge is 2.17. The number of hydrogen-bond acceptors (Lipinski definition) is 5. The quantitative estimate of drug-likeness (QED) is 0.484. The molecule has 1 aliphatic heterocycles. The number of halogens is 2. The third-order valence-electron chi connectivity index (χ3n) is 2.94. The van der Waals surface area contributed by atoms with Crippen molar-refractivity contribution in [1.82, 2.24) is 10.4 Å². The number of rotatable bonds is 4. The highest BCUT2D eigenvalue weighted by Crippen LogP contribution is 2.32. The van der Waals surface area contributed by atoms with Crippen molar-refractivity contribution in [3.8, 4) is 0 Å². The first-order valence-corrected chi connectivity index (χ1v) is 8.29. The SMILES string of the molecule is COC(=O)CSc1cc(NC(=S)N2CCCN2)c(F)cc1Cl. The number of carbonyl (C=O) groups excluding carboxylic acids is 1. The lowest BCUT2D eigenvalue weighted by molar-refractivity contribution is -0.137. The van der Waals surface area contributed by atoms with E-state index in [0.717, 1.165) is 19.5 Å². The maximum atomic E-state index is 14.0. The van der Waals surface area contributed by atoms with Crippen LogP contribution in [0.15, 0.2) is 17.0 Å². The second-order valence-corrected chi connectivity index (χ2v) is 6.28. The van der Waals surface area contributed by atoms with Crippen LogP contribution >= 0.6 is 35.6 Å². The predicted octanol–water partition coefficient (Wildman–Crippen LogP) is 2.65. The lowest BCUT2D eigenvalue weighted by atomic mass is 10.3. The van der Waals surface area contributed by atoms with E-state index in [-0.39, 0.29) is 22.4 Å². The van der Waals surface area contributed by atoms with Crippen LogP contribution in [-0.4, -0.2) is 42.0 Å². The molecule has 0 saturated carbocycles. The van der Waals surface area contributed by atoms with Gasteiger partial charge in [0.15, 0.2) is 5.11 Å². The molecule has 1 aromatic carbocycles. The summed E-state index contributed by atoms with van der Waals surface area (Å²) in [6.07, 6.45) is 0.977. The van der Waals surface area contributed by atoms with Gasteiger partial charge in [-0.15, -0.1) is 11.8 Å². The summed E-state index contributed by atoms with van der Waals surface area (Å²) in [6.45, 7) is 1.61. The van der Waals surface area contributed by atoms with Gasteiger partial charge in [-0.1, -0.05) is 11.6 Å². The third-order valence-corrected chi connectivity index (χ3v) is 4.72. The summed E-state index contributed by atoms with van der Waals surface area (Å²) in [6, 6.07) is 2.73. The number of anilines is 1. The molecule has 5 nitrogen and oxygen atoms in total. The Hall–Kier alpha value is -1.09. The van der Waals surface area contributed by atoms with Crippen LogP contribution in [-0.2, 0) is 9.53 Å². The normalized spacial score (nSPS) is 14.0. The summed E-state index contributed by atoms with van der Waals surface area (Å²) in [5, 5.41) is 5.24. The monoisotopic (exact) mass is 363 g/mol. The molecule has 1 heterocycles. The fraction of sp³-hybridized carbons (Fsp3) is 0.385. The van der Waals surface area contributed by atoms with Crippen molar-refractivity contribution in [2.45, 2.75) is 11.3 Å². The third kappa shape index (κ3) is 4.45. The van der Waals surface area contributed by atoms with Gasteiger partial charge in [-0.2, -0.15) is 0 Å². The van der Waals surface area contributed by atoms with Crippen LogP contribution in [0.4, 0.5) is 10.1 Å². The van der Waals surface area contributed by atoms with Gasteiger partial charge in [0.25, 0.3) is 0 Å². The molecular formula is C13H15ClFN3O2S2. The standard InChI is InChI=1S/C13H15ClFN3O2S2/c1-20-12(19)7-22-11-6-10(9(15)5-8(11)14)17-13(21)18-4-2-3-16-18/h5-6,16H,2-4,7H2,1H3,(H,17,21). The molecule has 1 aliphatic rings. The zero-order chi connectivity index (χ0) is 16.1. The van der Waals surface area contributed by atoms with Crippen LogP contribution < -0.4 is 10.7 Å². The lowest BCUT2D eigenvalue weighted by Gasteiger charge is -2.20. The fourth-order valence-corrected chi connectivity index (χ4v) is 3.19. The molecule has 0 bridgehead atoms. The molecule has 0 aromatic heterocycles. The largest absolute Gasteiger partial charge is 0.468 e. The van der Waals surface area contributed by atoms with Gasteiger partial charge in [-0.25, -0.2) is 9.82 Å². The smallest absolute Gasteiger partial charge is 0.315 e. The number of thioether (sulfide) groups is 1. The Morgan fingerprint density at radius 1 is 1.64 bits per heavy atom. The molecule has 0 spiro atoms. The minimum Gasteiger partial charge on any atom is -0.468 e. The molecule has 0 unspecified atom stereocenters. The van der Waals surface area contributed by atoms with Crippen LogP contribution in [0.2, 0.25) is 5.02 Å². The van der Waals surface area contributed by atoms with Crippen LogP contribution in [0.5, 0.6) is 0 Å². The molecule has 0 aliphatic carbocycles. The molecule has 1 saturated heterocycles. The molecule has 0 atom stereocenters. The summed E-state index contributed by atoms with van der Waals surface area (Å²) in [5.74, 6) is -0.787. The number of carbonyl (C=O) groups is 1. The van der Waals surface area contributed by atoms with Gasteiger partial charge in [0.2, 0.25) is 0 Å². The minimum atomic E-state index is -0.506. The van der Waals surface area contributed by atoms with Crippen molar-refractivity contribution in [3.63, 3.8) is 0 Å². The van der Waals surface area contributed by atoms with E-state index >= 15 is 0 Å². The van der Waals surface area contributed by atoms with Crippen LogP contribution in [0.1, 0.15) is 6.42 Å². The second kappa shape index (κ2) is 7.96. The second-order valence-electron chi connectivity index (χ2n) is 4.47. The topological polar surface area (TPSA) is 53.6 Å². The molecule has 0 amide bonds.